The number of nitrogens with zero attached hydrogens (tertiary/aromatic N) is 3. The number of nitrogens with two attached hydrogens (primary N) is 1. The van der Waals surface area contributed by atoms with E-state index < -0.39 is 0 Å². The number of hydrogen-bond donors (Lipinski definition) is 1. The summed E-state index contributed by atoms with van der Waals surface area (Å²) in [6, 6.07) is 7.26. The van der Waals surface area contributed by atoms with Gasteiger partial charge in [-0.2, -0.15) is 0 Å². The number of aryl methyl sites for hydroxylation is 1. The molecule has 0 spiro atoms. The normalized spacial score (nSPS) is 29.7. The summed E-state index contributed by atoms with van der Waals surface area (Å²) >= 11 is 0. The van der Waals surface area contributed by atoms with Gasteiger partial charge in [-0.1, -0.05) is 12.1 Å². The van der Waals surface area contributed by atoms with Gasteiger partial charge in [0.2, 0.25) is 11.9 Å². The Kier molecular flexibility index (Phi) is 3.07. The van der Waals surface area contributed by atoms with E-state index in [1.54, 1.807) is 0 Å². The third kappa shape index (κ3) is 2.14. The summed E-state index contributed by atoms with van der Waals surface area (Å²) in [6.45, 7) is 3.30. The monoisotopic (exact) mass is 360 g/mol. The maximum atomic E-state index is 11.6. The van der Waals surface area contributed by atoms with E-state index in [2.05, 4.69) is 30.0 Å². The minimum absolute atomic E-state index is 0.0613. The van der Waals surface area contributed by atoms with Crippen molar-refractivity contribution in [2.45, 2.75) is 51.0 Å². The Morgan fingerprint density at radius 1 is 1.26 bits per heavy atom. The zero-order valence-electron chi connectivity index (χ0n) is 15.6. The molecule has 2 heterocycles. The average molecular weight is 360 g/mol. The van der Waals surface area contributed by atoms with Crippen LogP contribution in [0.2, 0.25) is 0 Å². The average Bonchev–Trinajstić information content (AvgIpc) is 2.99. The topological polar surface area (TPSA) is 72.1 Å². The first-order valence-electron chi connectivity index (χ1n) is 10.2. The molecule has 0 radical (unpaired) electrons. The first-order valence-corrected chi connectivity index (χ1v) is 10.2. The molecule has 1 aromatic carbocycles. The third-order valence-corrected chi connectivity index (χ3v) is 7.23. The van der Waals surface area contributed by atoms with Crippen LogP contribution in [0.5, 0.6) is 0 Å². The van der Waals surface area contributed by atoms with Crippen LogP contribution in [0.15, 0.2) is 18.2 Å². The Bertz CT molecular complexity index is 985. The number of benzene rings is 1. The summed E-state index contributed by atoms with van der Waals surface area (Å²) in [6.07, 6.45) is 5.51. The van der Waals surface area contributed by atoms with Crippen molar-refractivity contribution in [3.8, 4) is 11.3 Å². The summed E-state index contributed by atoms with van der Waals surface area (Å²) in [5.41, 5.74) is 13.2. The van der Waals surface area contributed by atoms with Gasteiger partial charge in [0.05, 0.1) is 5.69 Å². The summed E-state index contributed by atoms with van der Waals surface area (Å²) in [5.74, 6) is 1.62. The molecule has 0 bridgehead atoms. The number of aromatic nitrogens is 2. The number of rotatable bonds is 3. The van der Waals surface area contributed by atoms with Gasteiger partial charge in [-0.15, -0.1) is 0 Å². The highest BCUT2D eigenvalue weighted by molar-refractivity contribution is 5.83. The molecule has 27 heavy (non-hydrogen) atoms. The number of fused-ring (bicyclic) bond motifs is 4. The first kappa shape index (κ1) is 15.6. The standard InChI is InChI=1S/C22H24N4O/c1-11-7-8-26(11)22-24-17-4-2-3-15(17)20(25-22)12-5-6-14-13(9-12)10-16-18(14)19(16)21(23)27/h5-6,9,11,16,18-19H,2-4,7-8,10H2,1H3,(H2,23,27)/t11-,16-,18+,19-/m0/s1. The van der Waals surface area contributed by atoms with Crippen LogP contribution in [-0.2, 0) is 24.1 Å². The summed E-state index contributed by atoms with van der Waals surface area (Å²) < 4.78 is 0. The van der Waals surface area contributed by atoms with Gasteiger partial charge in [0.15, 0.2) is 0 Å². The smallest absolute Gasteiger partial charge is 0.226 e. The van der Waals surface area contributed by atoms with Crippen LogP contribution in [0, 0.1) is 11.8 Å². The number of anilines is 1. The fraction of sp³-hybridized carbons (Fsp3) is 0.500. The van der Waals surface area contributed by atoms with E-state index in [0.29, 0.717) is 17.9 Å². The van der Waals surface area contributed by atoms with Crippen LogP contribution in [0.4, 0.5) is 5.95 Å². The van der Waals surface area contributed by atoms with E-state index in [9.17, 15) is 4.79 Å². The molecule has 1 amide bonds. The molecule has 0 unspecified atom stereocenters. The van der Waals surface area contributed by atoms with Crippen LogP contribution >= 0.6 is 0 Å². The molecule has 1 saturated heterocycles. The molecule has 4 aliphatic rings. The molecular formula is C22H24N4O. The first-order chi connectivity index (χ1) is 13.1. The minimum atomic E-state index is -0.137. The maximum Gasteiger partial charge on any atom is 0.226 e. The molecule has 5 heteroatoms. The molecule has 1 aliphatic heterocycles. The van der Waals surface area contributed by atoms with E-state index in [4.69, 9.17) is 15.7 Å². The Morgan fingerprint density at radius 2 is 2.15 bits per heavy atom. The molecule has 138 valence electrons. The molecule has 1 aromatic heterocycles. The van der Waals surface area contributed by atoms with E-state index in [-0.39, 0.29) is 11.8 Å². The van der Waals surface area contributed by atoms with Crippen molar-refractivity contribution >= 4 is 11.9 Å². The second kappa shape index (κ2) is 5.31. The second-order valence-electron chi connectivity index (χ2n) is 8.72. The van der Waals surface area contributed by atoms with Gasteiger partial charge in [0.1, 0.15) is 0 Å². The van der Waals surface area contributed by atoms with Gasteiger partial charge >= 0.3 is 0 Å². The molecule has 2 N–H and O–H groups in total. The minimum Gasteiger partial charge on any atom is -0.369 e. The van der Waals surface area contributed by atoms with Gasteiger partial charge in [-0.05, 0) is 68.1 Å². The summed E-state index contributed by atoms with van der Waals surface area (Å²) in [5, 5.41) is 0. The van der Waals surface area contributed by atoms with E-state index in [1.165, 1.54) is 40.8 Å². The molecule has 1 saturated carbocycles. The highest BCUT2D eigenvalue weighted by atomic mass is 16.1. The molecule has 3 aliphatic carbocycles. The molecular weight excluding hydrogens is 336 g/mol. The maximum absolute atomic E-state index is 11.6. The SMILES string of the molecule is C[C@H]1CCN1c1nc2c(c(-c3ccc4c(c3)C[C@@H]3[C@H](C(N)=O)[C@H]43)n1)CCC2. The van der Waals surface area contributed by atoms with Crippen LogP contribution in [0.3, 0.4) is 0 Å². The highest BCUT2D eigenvalue weighted by Crippen LogP contribution is 2.61. The molecule has 2 aromatic rings. The van der Waals surface area contributed by atoms with Crippen LogP contribution in [0.25, 0.3) is 11.3 Å². The summed E-state index contributed by atoms with van der Waals surface area (Å²) in [7, 11) is 0. The predicted molar refractivity (Wildman–Crippen MR) is 104 cm³/mol. The van der Waals surface area contributed by atoms with Crippen LogP contribution in [0.1, 0.15) is 48.1 Å². The Balaban J connectivity index is 1.41. The summed E-state index contributed by atoms with van der Waals surface area (Å²) in [4.78, 5) is 23.8. The highest BCUT2D eigenvalue weighted by Gasteiger charge is 2.58. The zero-order valence-corrected chi connectivity index (χ0v) is 15.6. The second-order valence-corrected chi connectivity index (χ2v) is 8.72. The fourth-order valence-electron chi connectivity index (χ4n) is 5.55. The van der Waals surface area contributed by atoms with Crippen molar-refractivity contribution in [1.82, 2.24) is 9.97 Å². The molecule has 2 fully saturated rings. The lowest BCUT2D eigenvalue weighted by molar-refractivity contribution is -0.119. The van der Waals surface area contributed by atoms with Crippen LogP contribution in [-0.4, -0.2) is 28.5 Å². The van der Waals surface area contributed by atoms with Crippen LogP contribution < -0.4 is 10.6 Å². The number of carbonyl (C=O) groups is 1. The van der Waals surface area contributed by atoms with E-state index >= 15 is 0 Å². The lowest BCUT2D eigenvalue weighted by Gasteiger charge is -2.39. The predicted octanol–water partition coefficient (Wildman–Crippen LogP) is 2.60. The molecule has 6 rings (SSSR count). The van der Waals surface area contributed by atoms with Crippen molar-refractivity contribution in [2.75, 3.05) is 11.4 Å². The quantitative estimate of drug-likeness (QED) is 0.913. The van der Waals surface area contributed by atoms with Crippen molar-refractivity contribution in [3.63, 3.8) is 0 Å². The van der Waals surface area contributed by atoms with Crippen molar-refractivity contribution < 1.29 is 4.79 Å². The van der Waals surface area contributed by atoms with Crippen molar-refractivity contribution in [2.24, 2.45) is 17.6 Å². The lowest BCUT2D eigenvalue weighted by Crippen LogP contribution is -2.46. The largest absolute Gasteiger partial charge is 0.369 e. The number of carbonyl (C=O) groups excluding carboxylic acids is 1. The number of hydrogen-bond acceptors (Lipinski definition) is 4. The Labute approximate surface area is 159 Å². The van der Waals surface area contributed by atoms with E-state index in [0.717, 1.165) is 37.4 Å². The van der Waals surface area contributed by atoms with Gasteiger partial charge in [0, 0.05) is 35.3 Å². The zero-order chi connectivity index (χ0) is 18.3. The fourth-order valence-corrected chi connectivity index (χ4v) is 5.55. The molecule has 5 nitrogen and oxygen atoms in total. The van der Waals surface area contributed by atoms with Crippen molar-refractivity contribution in [3.05, 3.63) is 40.6 Å². The third-order valence-electron chi connectivity index (χ3n) is 7.23. The van der Waals surface area contributed by atoms with E-state index in [1.807, 2.05) is 0 Å². The van der Waals surface area contributed by atoms with Gasteiger partial charge in [-0.25, -0.2) is 9.97 Å². The number of primary amides is 1. The van der Waals surface area contributed by atoms with Gasteiger partial charge in [0.25, 0.3) is 0 Å². The lowest BCUT2D eigenvalue weighted by atomic mass is 9.96. The number of amides is 1. The van der Waals surface area contributed by atoms with Gasteiger partial charge < -0.3 is 10.6 Å². The Hall–Kier alpha value is -2.43. The van der Waals surface area contributed by atoms with Gasteiger partial charge in [-0.3, -0.25) is 4.79 Å². The molecule has 4 atom stereocenters. The van der Waals surface area contributed by atoms with Crippen molar-refractivity contribution in [1.29, 1.82) is 0 Å². The Morgan fingerprint density at radius 3 is 2.89 bits per heavy atom.